The molecule has 0 radical (unpaired) electrons. The minimum absolute atomic E-state index is 0.0358. The van der Waals surface area contributed by atoms with Crippen LogP contribution in [0.4, 0.5) is 0 Å². The summed E-state index contributed by atoms with van der Waals surface area (Å²) in [5.74, 6) is 1.16. The van der Waals surface area contributed by atoms with Crippen LogP contribution in [0.5, 0.6) is 11.5 Å². The Morgan fingerprint density at radius 1 is 1.22 bits per heavy atom. The third kappa shape index (κ3) is 10.2. The van der Waals surface area contributed by atoms with Crippen molar-refractivity contribution in [2.45, 2.75) is 52.4 Å². The van der Waals surface area contributed by atoms with E-state index in [0.29, 0.717) is 36.0 Å². The second kappa shape index (κ2) is 14.8. The highest BCUT2D eigenvalue weighted by molar-refractivity contribution is 5.99. The van der Waals surface area contributed by atoms with Crippen LogP contribution in [-0.2, 0) is 4.79 Å². The van der Waals surface area contributed by atoms with Crippen LogP contribution in [-0.4, -0.2) is 31.1 Å². The van der Waals surface area contributed by atoms with Gasteiger partial charge in [-0.2, -0.15) is 0 Å². The van der Waals surface area contributed by atoms with E-state index in [2.05, 4.69) is 19.6 Å². The van der Waals surface area contributed by atoms with Crippen molar-refractivity contribution in [2.24, 2.45) is 11.7 Å². The molecule has 0 aromatic heterocycles. The summed E-state index contributed by atoms with van der Waals surface area (Å²) in [4.78, 5) is 23.8. The number of hydrogen-bond acceptors (Lipinski definition) is 5. The zero-order chi connectivity index (χ0) is 23.9. The molecule has 0 bridgehead atoms. The molecule has 1 unspecified atom stereocenters. The summed E-state index contributed by atoms with van der Waals surface area (Å²) >= 11 is 0. The molecule has 0 fully saturated rings. The number of hydrogen-bond donors (Lipinski definition) is 2. The number of methoxy groups -OCH3 is 1. The van der Waals surface area contributed by atoms with Gasteiger partial charge in [-0.1, -0.05) is 37.3 Å². The number of unbranched alkanes of at least 4 members (excludes halogenated alkanes) is 1. The van der Waals surface area contributed by atoms with Gasteiger partial charge >= 0.3 is 0 Å². The van der Waals surface area contributed by atoms with Crippen LogP contribution in [0, 0.1) is 11.3 Å². The average Bonchev–Trinajstić information content (AvgIpc) is 2.73. The lowest BCUT2D eigenvalue weighted by Crippen LogP contribution is -2.15. The van der Waals surface area contributed by atoms with Crippen molar-refractivity contribution in [3.63, 3.8) is 0 Å². The predicted molar refractivity (Wildman–Crippen MR) is 131 cm³/mol. The lowest BCUT2D eigenvalue weighted by molar-refractivity contribution is -0.118. The Bertz CT molecular complexity index is 856. The zero-order valence-corrected chi connectivity index (χ0v) is 19.5. The Morgan fingerprint density at radius 3 is 2.59 bits per heavy atom. The smallest absolute Gasteiger partial charge is 0.161 e. The van der Waals surface area contributed by atoms with Crippen molar-refractivity contribution in [1.82, 2.24) is 0 Å². The van der Waals surface area contributed by atoms with Crippen LogP contribution in [0.25, 0.3) is 6.08 Å². The molecule has 3 N–H and O–H groups in total. The zero-order valence-electron chi connectivity index (χ0n) is 19.5. The second-order valence-electron chi connectivity index (χ2n) is 7.78. The third-order valence-electron chi connectivity index (χ3n) is 4.85. The van der Waals surface area contributed by atoms with Gasteiger partial charge < -0.3 is 15.2 Å². The van der Waals surface area contributed by atoms with E-state index in [4.69, 9.17) is 20.6 Å². The van der Waals surface area contributed by atoms with Crippen LogP contribution >= 0.6 is 0 Å². The number of rotatable bonds is 16. The molecule has 0 heterocycles. The van der Waals surface area contributed by atoms with E-state index in [-0.39, 0.29) is 30.2 Å². The summed E-state index contributed by atoms with van der Waals surface area (Å²) in [6, 6.07) is 3.46. The van der Waals surface area contributed by atoms with Crippen molar-refractivity contribution in [1.29, 1.82) is 5.41 Å². The normalized spacial score (nSPS) is 12.1. The van der Waals surface area contributed by atoms with E-state index in [0.717, 1.165) is 24.8 Å². The summed E-state index contributed by atoms with van der Waals surface area (Å²) in [5.41, 5.74) is 6.54. The van der Waals surface area contributed by atoms with Gasteiger partial charge in [-0.3, -0.25) is 15.0 Å². The highest BCUT2D eigenvalue weighted by Gasteiger charge is 2.13. The van der Waals surface area contributed by atoms with Gasteiger partial charge in [-0.25, -0.2) is 0 Å². The van der Waals surface area contributed by atoms with Crippen LogP contribution in [0.1, 0.15) is 68.3 Å². The number of ketones is 2. The fourth-order valence-electron chi connectivity index (χ4n) is 3.14. The van der Waals surface area contributed by atoms with Gasteiger partial charge in [-0.05, 0) is 56.2 Å². The fraction of sp³-hybridized carbons (Fsp3) is 0.423. The summed E-state index contributed by atoms with van der Waals surface area (Å²) in [7, 11) is 1.52. The molecule has 6 heteroatoms. The van der Waals surface area contributed by atoms with Crippen molar-refractivity contribution in [3.8, 4) is 11.5 Å². The maximum atomic E-state index is 12.1. The first-order valence-corrected chi connectivity index (χ1v) is 10.9. The number of amidine groups is 1. The van der Waals surface area contributed by atoms with Gasteiger partial charge in [0.05, 0.1) is 26.0 Å². The van der Waals surface area contributed by atoms with Crippen LogP contribution < -0.4 is 15.2 Å². The van der Waals surface area contributed by atoms with Crippen molar-refractivity contribution >= 4 is 23.5 Å². The first kappa shape index (κ1) is 26.9. The fourth-order valence-corrected chi connectivity index (χ4v) is 3.14. The first-order valence-electron chi connectivity index (χ1n) is 10.9. The molecule has 0 amide bonds. The highest BCUT2D eigenvalue weighted by atomic mass is 16.5. The average molecular weight is 441 g/mol. The third-order valence-corrected chi connectivity index (χ3v) is 4.85. The number of Topliss-reactive ketones (excluding diaryl/α,β-unsaturated/α-hetero) is 2. The number of ether oxygens (including phenoxy) is 2. The van der Waals surface area contributed by atoms with Gasteiger partial charge in [-0.15, -0.1) is 6.58 Å². The van der Waals surface area contributed by atoms with Crippen molar-refractivity contribution in [3.05, 3.63) is 54.1 Å². The molecule has 0 saturated carbocycles. The van der Waals surface area contributed by atoms with Gasteiger partial charge in [0, 0.05) is 12.0 Å². The number of nitrogens with one attached hydrogen (secondary N) is 1. The summed E-state index contributed by atoms with van der Waals surface area (Å²) in [5, 5.41) is 7.17. The largest absolute Gasteiger partial charge is 0.493 e. The number of benzene rings is 1. The lowest BCUT2D eigenvalue weighted by Gasteiger charge is -2.14. The number of nitrogens with two attached hydrogens (primary N) is 1. The Labute approximate surface area is 191 Å². The Hall–Kier alpha value is -3.15. The monoisotopic (exact) mass is 440 g/mol. The van der Waals surface area contributed by atoms with Gasteiger partial charge in [0.25, 0.3) is 0 Å². The maximum Gasteiger partial charge on any atom is 0.161 e. The molecule has 6 nitrogen and oxygen atoms in total. The second-order valence-corrected chi connectivity index (χ2v) is 7.78. The van der Waals surface area contributed by atoms with E-state index in [1.807, 2.05) is 24.3 Å². The molecular formula is C26H36N2O4. The predicted octanol–water partition coefficient (Wildman–Crippen LogP) is 5.51. The number of carbonyl (C=O) groups is 2. The van der Waals surface area contributed by atoms with E-state index < -0.39 is 0 Å². The first-order chi connectivity index (χ1) is 15.3. The van der Waals surface area contributed by atoms with Gasteiger partial charge in [0.2, 0.25) is 0 Å². The number of allylic oxidation sites excluding steroid dienone is 4. The molecule has 0 aliphatic carbocycles. The van der Waals surface area contributed by atoms with Gasteiger partial charge in [0.1, 0.15) is 5.78 Å². The van der Waals surface area contributed by atoms with Crippen LogP contribution in [0.3, 0.4) is 0 Å². The Balaban J connectivity index is 2.86. The molecule has 0 spiro atoms. The van der Waals surface area contributed by atoms with Gasteiger partial charge in [0.15, 0.2) is 17.3 Å². The molecule has 1 atom stereocenters. The Morgan fingerprint density at radius 2 is 1.97 bits per heavy atom. The highest BCUT2D eigenvalue weighted by Crippen LogP contribution is 2.32. The minimum Gasteiger partial charge on any atom is -0.493 e. The molecule has 0 aliphatic rings. The molecule has 0 saturated heterocycles. The van der Waals surface area contributed by atoms with E-state index in [1.54, 1.807) is 12.1 Å². The van der Waals surface area contributed by atoms with Crippen LogP contribution in [0.15, 0.2) is 43.0 Å². The molecule has 1 aromatic carbocycles. The lowest BCUT2D eigenvalue weighted by atomic mass is 10.0. The van der Waals surface area contributed by atoms with Crippen molar-refractivity contribution < 1.29 is 19.1 Å². The number of carbonyl (C=O) groups excluding carboxylic acids is 2. The minimum atomic E-state index is -0.131. The van der Waals surface area contributed by atoms with Crippen molar-refractivity contribution in [2.75, 3.05) is 13.7 Å². The molecule has 0 aliphatic heterocycles. The summed E-state index contributed by atoms with van der Waals surface area (Å²) in [6.45, 7) is 7.75. The molecular weight excluding hydrogens is 404 g/mol. The summed E-state index contributed by atoms with van der Waals surface area (Å²) in [6.07, 6.45) is 13.9. The molecule has 1 aromatic rings. The standard InChI is InChI=1S/C26H36N2O4/c1-5-6-7-11-19(2)12-8-9-13-21-16-25(24(31-4)18-23(21)20(3)29)32-15-10-14-22(30)17-26(27)28/h5,8-9,12-13,16,18-19H,1,6-7,10-11,14-15,17H2,2-4H3,(H3,27,28). The maximum absolute atomic E-state index is 12.1. The molecule has 174 valence electrons. The molecule has 1 rings (SSSR count). The SMILES string of the molecule is C=CCCCC(C)C=CC=Cc1cc(OCCCC(=O)CC(=N)N)c(OC)cc1C(C)=O. The van der Waals surface area contributed by atoms with E-state index in [9.17, 15) is 9.59 Å². The van der Waals surface area contributed by atoms with E-state index in [1.165, 1.54) is 14.0 Å². The van der Waals surface area contributed by atoms with Crippen LogP contribution in [0.2, 0.25) is 0 Å². The quantitative estimate of drug-likeness (QED) is 0.0880. The topological polar surface area (TPSA) is 102 Å². The molecule has 32 heavy (non-hydrogen) atoms. The van der Waals surface area contributed by atoms with E-state index >= 15 is 0 Å². The summed E-state index contributed by atoms with van der Waals surface area (Å²) < 4.78 is 11.2. The Kier molecular flexibility index (Phi) is 12.4.